The Kier molecular flexibility index (Phi) is 4.62. The van der Waals surface area contributed by atoms with Gasteiger partial charge >= 0.3 is 12.1 Å². The van der Waals surface area contributed by atoms with E-state index in [9.17, 15) is 22.8 Å². The minimum absolute atomic E-state index is 0.298. The molecule has 0 aliphatic heterocycles. The Morgan fingerprint density at radius 1 is 1.50 bits per heavy atom. The number of halogens is 4. The van der Waals surface area contributed by atoms with E-state index in [1.165, 1.54) is 0 Å². The minimum Gasteiger partial charge on any atom is -0.460 e. The van der Waals surface area contributed by atoms with E-state index in [1.807, 2.05) is 0 Å². The summed E-state index contributed by atoms with van der Waals surface area (Å²) in [5.74, 6) is -3.78. The van der Waals surface area contributed by atoms with Crippen molar-refractivity contribution in [2.45, 2.75) is 11.6 Å². The first-order valence-electron chi connectivity index (χ1n) is 3.33. The zero-order chi connectivity index (χ0) is 11.4. The Morgan fingerprint density at radius 3 is 2.36 bits per heavy atom. The molecule has 0 aromatic rings. The molecule has 0 radical (unpaired) electrons. The smallest absolute Gasteiger partial charge is 0.452 e. The summed E-state index contributed by atoms with van der Waals surface area (Å²) < 4.78 is 39.3. The van der Waals surface area contributed by atoms with Crippen LogP contribution >= 0.6 is 11.6 Å². The molecule has 80 valence electrons. The van der Waals surface area contributed by atoms with Crippen LogP contribution in [0.3, 0.4) is 0 Å². The predicted octanol–water partition coefficient (Wildman–Crippen LogP) is 1.45. The van der Waals surface area contributed by atoms with Gasteiger partial charge in [-0.05, 0) is 0 Å². The molecule has 0 aromatic heterocycles. The second-order valence-electron chi connectivity index (χ2n) is 2.14. The number of ether oxygens (including phenoxy) is 1. The van der Waals surface area contributed by atoms with Crippen LogP contribution in [0, 0.1) is 0 Å². The van der Waals surface area contributed by atoms with E-state index < -0.39 is 23.3 Å². The van der Waals surface area contributed by atoms with Gasteiger partial charge in [0.25, 0.3) is 5.78 Å². The molecular weight excluding hydrogens is 225 g/mol. The number of carbonyl (C=O) groups is 2. The van der Waals surface area contributed by atoms with Crippen LogP contribution in [-0.2, 0) is 14.3 Å². The highest BCUT2D eigenvalue weighted by molar-refractivity contribution is 6.41. The van der Waals surface area contributed by atoms with E-state index in [0.29, 0.717) is 0 Å². The molecule has 0 saturated heterocycles. The highest BCUT2D eigenvalue weighted by Crippen LogP contribution is 2.21. The molecule has 14 heavy (non-hydrogen) atoms. The third-order valence-electron chi connectivity index (χ3n) is 1.06. The van der Waals surface area contributed by atoms with Crippen molar-refractivity contribution in [2.24, 2.45) is 0 Å². The Morgan fingerprint density at radius 2 is 2.00 bits per heavy atom. The van der Waals surface area contributed by atoms with Crippen molar-refractivity contribution in [1.29, 1.82) is 0 Å². The van der Waals surface area contributed by atoms with Crippen LogP contribution < -0.4 is 0 Å². The lowest BCUT2D eigenvalue weighted by molar-refractivity contribution is -0.174. The average molecular weight is 231 g/mol. The topological polar surface area (TPSA) is 43.4 Å². The van der Waals surface area contributed by atoms with Crippen molar-refractivity contribution in [3.63, 3.8) is 0 Å². The van der Waals surface area contributed by atoms with Crippen LogP contribution in [-0.4, -0.2) is 29.9 Å². The molecule has 0 aromatic carbocycles. The van der Waals surface area contributed by atoms with Crippen LogP contribution in [0.25, 0.3) is 0 Å². The lowest BCUT2D eigenvalue weighted by Gasteiger charge is -2.09. The summed E-state index contributed by atoms with van der Waals surface area (Å²) in [5.41, 5.74) is 0. The molecule has 7 heteroatoms. The van der Waals surface area contributed by atoms with Crippen molar-refractivity contribution in [3.8, 4) is 0 Å². The molecule has 0 N–H and O–H groups in total. The van der Waals surface area contributed by atoms with Crippen LogP contribution in [0.5, 0.6) is 0 Å². The predicted molar refractivity (Wildman–Crippen MR) is 41.9 cm³/mol. The van der Waals surface area contributed by atoms with E-state index in [4.69, 9.17) is 11.6 Å². The first kappa shape index (κ1) is 13.0. The standard InChI is InChI=1S/C7H6ClF3O3/c1-2-3-14-6(13)4(8)5(12)7(9,10)11/h2,4H,1,3H2. The van der Waals surface area contributed by atoms with Gasteiger partial charge in [-0.2, -0.15) is 13.2 Å². The van der Waals surface area contributed by atoms with E-state index >= 15 is 0 Å². The molecule has 0 saturated carbocycles. The number of ketones is 1. The highest BCUT2D eigenvalue weighted by atomic mass is 35.5. The second-order valence-corrected chi connectivity index (χ2v) is 2.58. The third-order valence-corrected chi connectivity index (χ3v) is 1.44. The fourth-order valence-corrected chi connectivity index (χ4v) is 0.652. The van der Waals surface area contributed by atoms with Gasteiger partial charge in [-0.1, -0.05) is 12.7 Å². The van der Waals surface area contributed by atoms with E-state index in [1.54, 1.807) is 0 Å². The molecule has 0 bridgehead atoms. The summed E-state index contributed by atoms with van der Waals surface area (Å²) in [7, 11) is 0. The lowest BCUT2D eigenvalue weighted by Crippen LogP contribution is -2.37. The summed E-state index contributed by atoms with van der Waals surface area (Å²) in [5, 5.41) is -2.35. The molecular formula is C7H6ClF3O3. The molecule has 0 heterocycles. The van der Waals surface area contributed by atoms with Crippen molar-refractivity contribution in [2.75, 3.05) is 6.61 Å². The molecule has 0 rings (SSSR count). The zero-order valence-corrected chi connectivity index (χ0v) is 7.56. The largest absolute Gasteiger partial charge is 0.460 e. The molecule has 0 aliphatic rings. The summed E-state index contributed by atoms with van der Waals surface area (Å²) >= 11 is 4.92. The van der Waals surface area contributed by atoms with E-state index in [-0.39, 0.29) is 6.61 Å². The molecule has 0 aliphatic carbocycles. The highest BCUT2D eigenvalue weighted by Gasteiger charge is 2.46. The maximum atomic E-state index is 11.7. The van der Waals surface area contributed by atoms with Crippen molar-refractivity contribution >= 4 is 23.4 Å². The molecule has 0 fully saturated rings. The fraction of sp³-hybridized carbons (Fsp3) is 0.429. The second kappa shape index (κ2) is 4.99. The summed E-state index contributed by atoms with van der Waals surface area (Å²) in [6.07, 6.45) is -4.00. The number of hydrogen-bond acceptors (Lipinski definition) is 3. The number of carbonyl (C=O) groups excluding carboxylic acids is 2. The third kappa shape index (κ3) is 3.78. The Bertz CT molecular complexity index is 249. The van der Waals surface area contributed by atoms with E-state index in [0.717, 1.165) is 6.08 Å². The van der Waals surface area contributed by atoms with Gasteiger partial charge in [0.15, 0.2) is 5.38 Å². The Hall–Kier alpha value is -1.04. The monoisotopic (exact) mass is 230 g/mol. The first-order valence-corrected chi connectivity index (χ1v) is 3.77. The van der Waals surface area contributed by atoms with Gasteiger partial charge < -0.3 is 4.74 Å². The summed E-state index contributed by atoms with van der Waals surface area (Å²) in [6.45, 7) is 2.86. The van der Waals surface area contributed by atoms with E-state index in [2.05, 4.69) is 11.3 Å². The number of rotatable bonds is 4. The van der Waals surface area contributed by atoms with Crippen molar-refractivity contribution in [3.05, 3.63) is 12.7 Å². The van der Waals surface area contributed by atoms with Crippen LogP contribution in [0.15, 0.2) is 12.7 Å². The lowest BCUT2D eigenvalue weighted by atomic mass is 10.3. The average Bonchev–Trinajstić information content (AvgIpc) is 2.10. The maximum absolute atomic E-state index is 11.7. The van der Waals surface area contributed by atoms with Gasteiger partial charge in [-0.25, -0.2) is 4.79 Å². The van der Waals surface area contributed by atoms with Gasteiger partial charge in [0.1, 0.15) is 6.61 Å². The number of esters is 1. The number of Topliss-reactive ketones (excluding diaryl/α,β-unsaturated/α-hetero) is 1. The van der Waals surface area contributed by atoms with Gasteiger partial charge in [-0.15, -0.1) is 11.6 Å². The quantitative estimate of drug-likeness (QED) is 0.318. The van der Waals surface area contributed by atoms with Gasteiger partial charge in [-0.3, -0.25) is 4.79 Å². The minimum atomic E-state index is -5.14. The van der Waals surface area contributed by atoms with Gasteiger partial charge in [0, 0.05) is 0 Å². The molecule has 0 spiro atoms. The zero-order valence-electron chi connectivity index (χ0n) is 6.81. The van der Waals surface area contributed by atoms with Gasteiger partial charge in [0.2, 0.25) is 0 Å². The van der Waals surface area contributed by atoms with Crippen LogP contribution in [0.4, 0.5) is 13.2 Å². The molecule has 1 atom stereocenters. The number of hydrogen-bond donors (Lipinski definition) is 0. The SMILES string of the molecule is C=CCOC(=O)C(Cl)C(=O)C(F)(F)F. The van der Waals surface area contributed by atoms with Crippen molar-refractivity contribution in [1.82, 2.24) is 0 Å². The molecule has 1 unspecified atom stereocenters. The summed E-state index contributed by atoms with van der Waals surface area (Å²) in [6, 6.07) is 0. The molecule has 3 nitrogen and oxygen atoms in total. The Labute approximate surface area is 82.5 Å². The Balaban J connectivity index is 4.32. The van der Waals surface area contributed by atoms with Gasteiger partial charge in [0.05, 0.1) is 0 Å². The van der Waals surface area contributed by atoms with Crippen molar-refractivity contribution < 1.29 is 27.5 Å². The maximum Gasteiger partial charge on any atom is 0.452 e. The number of alkyl halides is 4. The molecule has 0 amide bonds. The van der Waals surface area contributed by atoms with Crippen LogP contribution in [0.1, 0.15) is 0 Å². The van der Waals surface area contributed by atoms with Crippen LogP contribution in [0.2, 0.25) is 0 Å². The fourth-order valence-electron chi connectivity index (χ4n) is 0.465. The normalized spacial score (nSPS) is 13.1. The first-order chi connectivity index (χ1) is 6.30. The summed E-state index contributed by atoms with van der Waals surface area (Å²) in [4.78, 5) is 21.1.